The van der Waals surface area contributed by atoms with Crippen molar-refractivity contribution in [1.29, 1.82) is 0 Å². The Balaban J connectivity index is 3.21. The van der Waals surface area contributed by atoms with Gasteiger partial charge in [-0.2, -0.15) is 0 Å². The zero-order valence-corrected chi connectivity index (χ0v) is 9.27. The van der Waals surface area contributed by atoms with Gasteiger partial charge in [0.1, 0.15) is 0 Å². The van der Waals surface area contributed by atoms with Crippen LogP contribution in [0.4, 0.5) is 0 Å². The van der Waals surface area contributed by atoms with Gasteiger partial charge < -0.3 is 4.74 Å². The number of aryl methyl sites for hydroxylation is 1. The van der Waals surface area contributed by atoms with E-state index >= 15 is 0 Å². The van der Waals surface area contributed by atoms with Crippen LogP contribution in [0.15, 0.2) is 18.2 Å². The van der Waals surface area contributed by atoms with Gasteiger partial charge in [-0.15, -0.1) is 0 Å². The first-order chi connectivity index (χ1) is 6.56. The highest BCUT2D eigenvalue weighted by Crippen LogP contribution is 2.13. The molecule has 0 radical (unpaired) electrons. The molecule has 1 rings (SSSR count). The molecule has 1 aromatic rings. The molecule has 2 nitrogen and oxygen atoms in total. The third-order valence-corrected chi connectivity index (χ3v) is 2.29. The molecular formula is C11H12O2S. The average Bonchev–Trinajstić information content (AvgIpc) is 2.17. The van der Waals surface area contributed by atoms with Crippen LogP contribution in [-0.2, 0) is 4.74 Å². The van der Waals surface area contributed by atoms with Crippen LogP contribution < -0.4 is 0 Å². The van der Waals surface area contributed by atoms with Crippen LogP contribution in [0.2, 0.25) is 0 Å². The minimum absolute atomic E-state index is 0.319. The smallest absolute Gasteiger partial charge is 0.338 e. The lowest BCUT2D eigenvalue weighted by atomic mass is 10.0. The summed E-state index contributed by atoms with van der Waals surface area (Å²) in [5, 5.41) is 0. The second kappa shape index (κ2) is 4.33. The molecule has 0 heterocycles. The molecule has 14 heavy (non-hydrogen) atoms. The Morgan fingerprint density at radius 3 is 2.57 bits per heavy atom. The normalized spacial score (nSPS) is 9.64. The van der Waals surface area contributed by atoms with Crippen molar-refractivity contribution in [3.05, 3.63) is 34.9 Å². The predicted molar refractivity (Wildman–Crippen MR) is 59.9 cm³/mol. The molecule has 0 amide bonds. The van der Waals surface area contributed by atoms with Crippen molar-refractivity contribution >= 4 is 23.1 Å². The third kappa shape index (κ3) is 2.17. The number of esters is 1. The SMILES string of the molecule is COC(=O)c1cc(C(C)=S)ccc1C. The fourth-order valence-electron chi connectivity index (χ4n) is 1.17. The standard InChI is InChI=1S/C11H12O2S/c1-7-4-5-9(8(2)14)6-10(7)11(12)13-3/h4-6H,1-3H3. The van der Waals surface area contributed by atoms with Crippen LogP contribution >= 0.6 is 12.2 Å². The summed E-state index contributed by atoms with van der Waals surface area (Å²) in [4.78, 5) is 12.1. The molecule has 0 N–H and O–H groups in total. The Bertz CT molecular complexity index is 383. The number of ether oxygens (including phenoxy) is 1. The Kier molecular flexibility index (Phi) is 3.36. The quantitative estimate of drug-likeness (QED) is 0.424. The van der Waals surface area contributed by atoms with Gasteiger partial charge >= 0.3 is 5.97 Å². The van der Waals surface area contributed by atoms with Gasteiger partial charge in [-0.25, -0.2) is 4.79 Å². The van der Waals surface area contributed by atoms with E-state index in [-0.39, 0.29) is 5.97 Å². The summed E-state index contributed by atoms with van der Waals surface area (Å²) in [5.41, 5.74) is 2.37. The maximum Gasteiger partial charge on any atom is 0.338 e. The number of methoxy groups -OCH3 is 1. The molecule has 0 spiro atoms. The fourth-order valence-corrected chi connectivity index (χ4v) is 1.30. The number of carbonyl (C=O) groups is 1. The highest BCUT2D eigenvalue weighted by molar-refractivity contribution is 7.80. The molecular weight excluding hydrogens is 196 g/mol. The molecule has 74 valence electrons. The zero-order chi connectivity index (χ0) is 10.7. The van der Waals surface area contributed by atoms with Crippen molar-refractivity contribution in [2.24, 2.45) is 0 Å². The summed E-state index contributed by atoms with van der Waals surface area (Å²) in [7, 11) is 1.37. The minimum atomic E-state index is -0.319. The van der Waals surface area contributed by atoms with Gasteiger partial charge in [0.15, 0.2) is 0 Å². The molecule has 0 unspecified atom stereocenters. The number of rotatable bonds is 2. The molecule has 1 aromatic carbocycles. The van der Waals surface area contributed by atoms with Gasteiger partial charge in [0.25, 0.3) is 0 Å². The molecule has 0 atom stereocenters. The summed E-state index contributed by atoms with van der Waals surface area (Å²) in [6, 6.07) is 5.55. The van der Waals surface area contributed by atoms with E-state index in [9.17, 15) is 4.79 Å². The van der Waals surface area contributed by atoms with Crippen molar-refractivity contribution in [3.63, 3.8) is 0 Å². The van der Waals surface area contributed by atoms with Crippen LogP contribution in [-0.4, -0.2) is 17.9 Å². The Morgan fingerprint density at radius 1 is 1.43 bits per heavy atom. The van der Waals surface area contributed by atoms with Gasteiger partial charge in [-0.3, -0.25) is 0 Å². The topological polar surface area (TPSA) is 26.3 Å². The van der Waals surface area contributed by atoms with Gasteiger partial charge in [0.05, 0.1) is 12.7 Å². The maximum absolute atomic E-state index is 11.3. The summed E-state index contributed by atoms with van der Waals surface area (Å²) >= 11 is 5.04. The van der Waals surface area contributed by atoms with Crippen molar-refractivity contribution in [3.8, 4) is 0 Å². The van der Waals surface area contributed by atoms with E-state index in [4.69, 9.17) is 12.2 Å². The van der Waals surface area contributed by atoms with Crippen molar-refractivity contribution in [2.45, 2.75) is 13.8 Å². The Labute approximate surface area is 88.9 Å². The summed E-state index contributed by atoms with van der Waals surface area (Å²) in [6.07, 6.45) is 0. The second-order valence-corrected chi connectivity index (χ2v) is 3.69. The molecule has 3 heteroatoms. The van der Waals surface area contributed by atoms with Crippen molar-refractivity contribution in [1.82, 2.24) is 0 Å². The summed E-state index contributed by atoms with van der Waals surface area (Å²) < 4.78 is 4.67. The van der Waals surface area contributed by atoms with E-state index in [0.29, 0.717) is 5.56 Å². The van der Waals surface area contributed by atoms with E-state index in [2.05, 4.69) is 4.74 Å². The number of thiocarbonyl (C=S) groups is 1. The zero-order valence-electron chi connectivity index (χ0n) is 8.46. The summed E-state index contributed by atoms with van der Waals surface area (Å²) in [5.74, 6) is -0.319. The number of benzene rings is 1. The van der Waals surface area contributed by atoms with E-state index in [0.717, 1.165) is 16.0 Å². The van der Waals surface area contributed by atoms with Gasteiger partial charge in [0, 0.05) is 4.86 Å². The van der Waals surface area contributed by atoms with Gasteiger partial charge in [0.2, 0.25) is 0 Å². The number of hydrogen-bond acceptors (Lipinski definition) is 3. The minimum Gasteiger partial charge on any atom is -0.465 e. The average molecular weight is 208 g/mol. The molecule has 0 saturated heterocycles. The molecule has 0 bridgehead atoms. The number of carbonyl (C=O) groups excluding carboxylic acids is 1. The van der Waals surface area contributed by atoms with Crippen LogP contribution in [0.5, 0.6) is 0 Å². The lowest BCUT2D eigenvalue weighted by Crippen LogP contribution is -2.05. The molecule has 0 aromatic heterocycles. The molecule has 0 saturated carbocycles. The molecule has 0 aliphatic heterocycles. The first-order valence-corrected chi connectivity index (χ1v) is 4.67. The highest BCUT2D eigenvalue weighted by Gasteiger charge is 2.09. The van der Waals surface area contributed by atoms with E-state index in [1.165, 1.54) is 7.11 Å². The Morgan fingerprint density at radius 2 is 2.07 bits per heavy atom. The Hall–Kier alpha value is -1.22. The lowest BCUT2D eigenvalue weighted by Gasteiger charge is -2.05. The van der Waals surface area contributed by atoms with Crippen LogP contribution in [0.3, 0.4) is 0 Å². The monoisotopic (exact) mass is 208 g/mol. The molecule has 0 aliphatic rings. The maximum atomic E-state index is 11.3. The van der Waals surface area contributed by atoms with E-state index in [1.807, 2.05) is 26.0 Å². The number of hydrogen-bond donors (Lipinski definition) is 0. The van der Waals surface area contributed by atoms with Crippen LogP contribution in [0, 0.1) is 6.92 Å². The third-order valence-electron chi connectivity index (χ3n) is 2.05. The van der Waals surface area contributed by atoms with Gasteiger partial charge in [-0.1, -0.05) is 24.4 Å². The van der Waals surface area contributed by atoms with Gasteiger partial charge in [-0.05, 0) is 31.0 Å². The highest BCUT2D eigenvalue weighted by atomic mass is 32.1. The van der Waals surface area contributed by atoms with Crippen LogP contribution in [0.1, 0.15) is 28.4 Å². The fraction of sp³-hybridized carbons (Fsp3) is 0.273. The first kappa shape index (κ1) is 10.9. The van der Waals surface area contributed by atoms with Crippen molar-refractivity contribution in [2.75, 3.05) is 7.11 Å². The first-order valence-electron chi connectivity index (χ1n) is 4.26. The van der Waals surface area contributed by atoms with E-state index in [1.54, 1.807) is 6.07 Å². The van der Waals surface area contributed by atoms with Crippen molar-refractivity contribution < 1.29 is 9.53 Å². The van der Waals surface area contributed by atoms with Crippen LogP contribution in [0.25, 0.3) is 0 Å². The molecule has 0 aliphatic carbocycles. The second-order valence-electron chi connectivity index (χ2n) is 3.08. The molecule has 0 fully saturated rings. The van der Waals surface area contributed by atoms with E-state index < -0.39 is 0 Å². The lowest BCUT2D eigenvalue weighted by molar-refractivity contribution is 0.0600. The predicted octanol–water partition coefficient (Wildman–Crippen LogP) is 2.52. The largest absolute Gasteiger partial charge is 0.465 e. The summed E-state index contributed by atoms with van der Waals surface area (Å²) in [6.45, 7) is 3.70.